The first-order chi connectivity index (χ1) is 30.2. The summed E-state index contributed by atoms with van der Waals surface area (Å²) < 4.78 is 6.90. The van der Waals surface area contributed by atoms with E-state index >= 15 is 0 Å². The van der Waals surface area contributed by atoms with Crippen molar-refractivity contribution in [2.45, 2.75) is 0 Å². The van der Waals surface area contributed by atoms with Crippen LogP contribution in [0.25, 0.3) is 114 Å². The summed E-state index contributed by atoms with van der Waals surface area (Å²) in [6.45, 7) is 8.69. The lowest BCUT2D eigenvalue weighted by Gasteiger charge is -2.15. The van der Waals surface area contributed by atoms with Crippen molar-refractivity contribution < 1.29 is 0 Å². The fourth-order valence-corrected chi connectivity index (χ4v) is 10.4. The van der Waals surface area contributed by atoms with E-state index in [2.05, 4.69) is 141 Å². The minimum Gasteiger partial charge on any atom is -0.318 e. The van der Waals surface area contributed by atoms with Crippen LogP contribution in [0.2, 0.25) is 0 Å². The van der Waals surface area contributed by atoms with E-state index in [0.29, 0.717) is 34.0 Å². The summed E-state index contributed by atoms with van der Waals surface area (Å²) in [7, 11) is 0. The molecule has 0 radical (unpaired) electrons. The van der Waals surface area contributed by atoms with Crippen LogP contribution in [0, 0.1) is 17.9 Å². The molecule has 0 N–H and O–H groups in total. The van der Waals surface area contributed by atoms with Gasteiger partial charge in [-0.1, -0.05) is 127 Å². The monoisotopic (exact) mass is 794 g/mol. The maximum Gasteiger partial charge on any atom is 0.211 e. The van der Waals surface area contributed by atoms with Crippen LogP contribution in [-0.4, -0.2) is 19.1 Å². The molecule has 0 aliphatic rings. The predicted molar refractivity (Wildman–Crippen MR) is 251 cm³/mol. The third-order valence-electron chi connectivity index (χ3n) is 11.8. The van der Waals surface area contributed by atoms with Crippen molar-refractivity contribution in [3.8, 4) is 51.3 Å². The first kappa shape index (κ1) is 34.7. The Morgan fingerprint density at radius 2 is 1.18 bits per heavy atom. The molecular formula is C54H30N6S. The van der Waals surface area contributed by atoms with Gasteiger partial charge in [0.15, 0.2) is 5.82 Å². The molecular weight excluding hydrogens is 765 g/mol. The van der Waals surface area contributed by atoms with Crippen LogP contribution in [0.5, 0.6) is 0 Å². The number of benzene rings is 8. The minimum absolute atomic E-state index is 0.355. The highest BCUT2D eigenvalue weighted by molar-refractivity contribution is 7.25. The van der Waals surface area contributed by atoms with Gasteiger partial charge in [-0.2, -0.15) is 5.26 Å². The molecule has 0 saturated carbocycles. The normalized spacial score (nSPS) is 11.6. The highest BCUT2D eigenvalue weighted by Crippen LogP contribution is 2.45. The zero-order valence-electron chi connectivity index (χ0n) is 32.4. The molecule has 0 atom stereocenters. The lowest BCUT2D eigenvalue weighted by molar-refractivity contribution is 1.17. The van der Waals surface area contributed by atoms with Gasteiger partial charge >= 0.3 is 0 Å². The first-order valence-electron chi connectivity index (χ1n) is 20.0. The van der Waals surface area contributed by atoms with Crippen LogP contribution in [0.4, 0.5) is 5.69 Å². The third-order valence-corrected chi connectivity index (χ3v) is 12.9. The average Bonchev–Trinajstić information content (AvgIpc) is 3.99. The van der Waals surface area contributed by atoms with Gasteiger partial charge in [-0.15, -0.1) is 11.3 Å². The molecule has 0 aliphatic carbocycles. The lowest BCUT2D eigenvalue weighted by atomic mass is 9.98. The van der Waals surface area contributed by atoms with Crippen LogP contribution in [0.15, 0.2) is 182 Å². The van der Waals surface area contributed by atoms with Gasteiger partial charge in [-0.3, -0.25) is 0 Å². The predicted octanol–water partition coefficient (Wildman–Crippen LogP) is 14.5. The molecule has 0 saturated heterocycles. The summed E-state index contributed by atoms with van der Waals surface area (Å²) >= 11 is 1.74. The second kappa shape index (κ2) is 13.6. The molecule has 4 aromatic heterocycles. The summed E-state index contributed by atoms with van der Waals surface area (Å²) in [5.74, 6) is 0.523. The van der Waals surface area contributed by atoms with Crippen molar-refractivity contribution in [3.05, 3.63) is 199 Å². The SMILES string of the molecule is [C-]#[N+]c1cc(-c2nc(-c3cccc4sc5ccccc5c34)nc(-c3ccccc3)c2C#N)ccc1-n1c2ccccc2c2ccc3c(c4ccccc4n3-c3ccccc3)c21. The molecule has 0 bridgehead atoms. The Labute approximate surface area is 353 Å². The topological polar surface area (TPSA) is 63.8 Å². The summed E-state index contributed by atoms with van der Waals surface area (Å²) in [5.41, 5.74) is 10.3. The largest absolute Gasteiger partial charge is 0.318 e. The van der Waals surface area contributed by atoms with E-state index in [4.69, 9.17) is 16.5 Å². The second-order valence-electron chi connectivity index (χ2n) is 15.1. The Kier molecular flexibility index (Phi) is 7.73. The van der Waals surface area contributed by atoms with Crippen LogP contribution >= 0.6 is 11.3 Å². The lowest BCUT2D eigenvalue weighted by Crippen LogP contribution is -2.02. The van der Waals surface area contributed by atoms with Gasteiger partial charge < -0.3 is 9.13 Å². The zero-order chi connectivity index (χ0) is 40.6. The van der Waals surface area contributed by atoms with Crippen molar-refractivity contribution in [1.82, 2.24) is 19.1 Å². The molecule has 0 fully saturated rings. The van der Waals surface area contributed by atoms with Crippen molar-refractivity contribution in [2.75, 3.05) is 0 Å². The van der Waals surface area contributed by atoms with E-state index in [9.17, 15) is 5.26 Å². The Bertz CT molecular complexity index is 3840. The Hall–Kier alpha value is -8.36. The number of thiophene rings is 1. The van der Waals surface area contributed by atoms with Crippen LogP contribution in [0.1, 0.15) is 5.56 Å². The number of hydrogen-bond donors (Lipinski definition) is 0. The molecule has 0 spiro atoms. The number of rotatable bonds is 5. The van der Waals surface area contributed by atoms with Crippen LogP contribution < -0.4 is 0 Å². The number of nitrogens with zero attached hydrogens (tertiary/aromatic N) is 6. The van der Waals surface area contributed by atoms with Crippen molar-refractivity contribution in [2.24, 2.45) is 0 Å². The average molecular weight is 795 g/mol. The van der Waals surface area contributed by atoms with E-state index in [0.717, 1.165) is 81.6 Å². The van der Waals surface area contributed by atoms with Gasteiger partial charge in [0.25, 0.3) is 0 Å². The van der Waals surface area contributed by atoms with Gasteiger partial charge in [0, 0.05) is 58.5 Å². The summed E-state index contributed by atoms with van der Waals surface area (Å²) in [6, 6.07) is 64.7. The molecule has 7 heteroatoms. The Balaban J connectivity index is 1.13. The minimum atomic E-state index is 0.355. The Morgan fingerprint density at radius 1 is 0.525 bits per heavy atom. The van der Waals surface area contributed by atoms with Crippen molar-refractivity contribution >= 4 is 80.8 Å². The molecule has 12 aromatic rings. The molecule has 0 amide bonds. The summed E-state index contributed by atoms with van der Waals surface area (Å²) in [4.78, 5) is 14.6. The summed E-state index contributed by atoms with van der Waals surface area (Å²) in [5, 5.41) is 17.6. The number of hydrogen-bond acceptors (Lipinski definition) is 4. The molecule has 12 rings (SSSR count). The van der Waals surface area contributed by atoms with Gasteiger partial charge in [0.1, 0.15) is 11.6 Å². The van der Waals surface area contributed by atoms with Gasteiger partial charge in [-0.25, -0.2) is 14.8 Å². The third kappa shape index (κ3) is 5.19. The zero-order valence-corrected chi connectivity index (χ0v) is 33.2. The highest BCUT2D eigenvalue weighted by atomic mass is 32.1. The molecule has 0 unspecified atom stereocenters. The molecule has 61 heavy (non-hydrogen) atoms. The number of nitriles is 1. The second-order valence-corrected chi connectivity index (χ2v) is 16.2. The number of aromatic nitrogens is 4. The molecule has 282 valence electrons. The molecule has 8 aromatic carbocycles. The summed E-state index contributed by atoms with van der Waals surface area (Å²) in [6.07, 6.45) is 0. The number of fused-ring (bicyclic) bond motifs is 10. The standard InChI is InChI=1S/C54H30N6S/c1-56-42-31-34(52-41(32-55)51(33-15-4-2-5-16-33)57-54(58-52)40-22-14-26-48-49(40)39-21-10-13-25-47(39)61-48)27-29-45(42)60-43-23-11-8-19-36(43)37-28-30-46-50(53(37)60)38-20-9-12-24-44(38)59(46)35-17-6-3-7-18-35/h2-31H. The molecule has 4 heterocycles. The number of para-hydroxylation sites is 3. The highest BCUT2D eigenvalue weighted by Gasteiger charge is 2.24. The van der Waals surface area contributed by atoms with E-state index < -0.39 is 0 Å². The fourth-order valence-electron chi connectivity index (χ4n) is 9.23. The first-order valence-corrected chi connectivity index (χ1v) is 20.8. The maximum absolute atomic E-state index is 10.9. The van der Waals surface area contributed by atoms with E-state index in [-0.39, 0.29) is 0 Å². The fraction of sp³-hybridized carbons (Fsp3) is 0. The maximum atomic E-state index is 10.9. The smallest absolute Gasteiger partial charge is 0.211 e. The van der Waals surface area contributed by atoms with Crippen LogP contribution in [0.3, 0.4) is 0 Å². The van der Waals surface area contributed by atoms with Gasteiger partial charge in [-0.05, 0) is 60.2 Å². The van der Waals surface area contributed by atoms with Crippen molar-refractivity contribution in [1.29, 1.82) is 5.26 Å². The van der Waals surface area contributed by atoms with Crippen LogP contribution in [-0.2, 0) is 0 Å². The molecule has 6 nitrogen and oxygen atoms in total. The quantitative estimate of drug-likeness (QED) is 0.163. The van der Waals surface area contributed by atoms with E-state index in [1.807, 2.05) is 60.7 Å². The van der Waals surface area contributed by atoms with Gasteiger partial charge in [0.2, 0.25) is 5.69 Å². The Morgan fingerprint density at radius 3 is 1.95 bits per heavy atom. The van der Waals surface area contributed by atoms with Crippen molar-refractivity contribution in [3.63, 3.8) is 0 Å². The van der Waals surface area contributed by atoms with Gasteiger partial charge in [0.05, 0.1) is 45.7 Å². The van der Waals surface area contributed by atoms with E-state index in [1.54, 1.807) is 11.3 Å². The van der Waals surface area contributed by atoms with E-state index in [1.165, 1.54) is 4.70 Å². The molecule has 0 aliphatic heterocycles.